The zero-order valence-corrected chi connectivity index (χ0v) is 11.4. The molecule has 4 nitrogen and oxygen atoms in total. The molecular formula is C15H12N2O2S. The maximum atomic E-state index is 10.6. The Kier molecular flexibility index (Phi) is 3.43. The summed E-state index contributed by atoms with van der Waals surface area (Å²) in [5.41, 5.74) is 1.97. The van der Waals surface area contributed by atoms with E-state index in [0.29, 0.717) is 5.16 Å². The Morgan fingerprint density at radius 1 is 1.20 bits per heavy atom. The SMILES string of the molecule is O=C(O)CSc1ncc(-c2cccc3ccccc23)[nH]1. The molecule has 1 heterocycles. The summed E-state index contributed by atoms with van der Waals surface area (Å²) in [6.45, 7) is 0. The standard InChI is InChI=1S/C15H12N2O2S/c18-14(19)9-20-15-16-8-13(17-15)12-7-3-5-10-4-1-2-6-11(10)12/h1-8H,9H2,(H,16,17)(H,18,19). The van der Waals surface area contributed by atoms with E-state index in [4.69, 9.17) is 5.11 Å². The number of thioether (sulfide) groups is 1. The maximum Gasteiger partial charge on any atom is 0.313 e. The number of carbonyl (C=O) groups is 1. The van der Waals surface area contributed by atoms with E-state index in [9.17, 15) is 4.79 Å². The van der Waals surface area contributed by atoms with Crippen molar-refractivity contribution in [1.82, 2.24) is 9.97 Å². The molecule has 0 aliphatic heterocycles. The van der Waals surface area contributed by atoms with Gasteiger partial charge in [0.15, 0.2) is 5.16 Å². The first-order valence-electron chi connectivity index (χ1n) is 6.12. The van der Waals surface area contributed by atoms with Gasteiger partial charge >= 0.3 is 5.97 Å². The summed E-state index contributed by atoms with van der Waals surface area (Å²) < 4.78 is 0. The number of hydrogen-bond donors (Lipinski definition) is 2. The van der Waals surface area contributed by atoms with Crippen LogP contribution in [0.3, 0.4) is 0 Å². The van der Waals surface area contributed by atoms with Gasteiger partial charge in [-0.1, -0.05) is 54.2 Å². The number of hydrogen-bond acceptors (Lipinski definition) is 3. The van der Waals surface area contributed by atoms with E-state index < -0.39 is 5.97 Å². The number of rotatable bonds is 4. The molecule has 0 unspecified atom stereocenters. The Labute approximate surface area is 119 Å². The third kappa shape index (κ3) is 2.53. The first-order chi connectivity index (χ1) is 9.74. The van der Waals surface area contributed by atoms with Gasteiger partial charge < -0.3 is 10.1 Å². The van der Waals surface area contributed by atoms with Crippen LogP contribution in [-0.4, -0.2) is 26.8 Å². The Balaban J connectivity index is 1.97. The summed E-state index contributed by atoms with van der Waals surface area (Å²) in [6, 6.07) is 14.2. The van der Waals surface area contributed by atoms with Crippen LogP contribution in [0.1, 0.15) is 0 Å². The fourth-order valence-electron chi connectivity index (χ4n) is 2.10. The molecule has 1 aromatic heterocycles. The normalized spacial score (nSPS) is 10.8. The fourth-order valence-corrected chi connectivity index (χ4v) is 2.67. The predicted molar refractivity (Wildman–Crippen MR) is 79.9 cm³/mol. The summed E-state index contributed by atoms with van der Waals surface area (Å²) in [6.07, 6.45) is 1.74. The summed E-state index contributed by atoms with van der Waals surface area (Å²) in [4.78, 5) is 17.9. The lowest BCUT2D eigenvalue weighted by atomic mass is 10.0. The highest BCUT2D eigenvalue weighted by molar-refractivity contribution is 7.99. The van der Waals surface area contributed by atoms with Crippen molar-refractivity contribution in [3.05, 3.63) is 48.7 Å². The molecule has 0 fully saturated rings. The average Bonchev–Trinajstić information content (AvgIpc) is 2.93. The Morgan fingerprint density at radius 2 is 2.00 bits per heavy atom. The summed E-state index contributed by atoms with van der Waals surface area (Å²) in [5.74, 6) is -0.847. The third-order valence-corrected chi connectivity index (χ3v) is 3.84. The van der Waals surface area contributed by atoms with E-state index in [-0.39, 0.29) is 5.75 Å². The van der Waals surface area contributed by atoms with Crippen molar-refractivity contribution in [3.63, 3.8) is 0 Å². The minimum absolute atomic E-state index is 0.00247. The predicted octanol–water partition coefficient (Wildman–Crippen LogP) is 3.41. The Hall–Kier alpha value is -2.27. The van der Waals surface area contributed by atoms with E-state index in [1.807, 2.05) is 24.3 Å². The number of carboxylic acid groups (broad SMARTS) is 1. The van der Waals surface area contributed by atoms with Gasteiger partial charge in [0.1, 0.15) is 0 Å². The largest absolute Gasteiger partial charge is 0.481 e. The zero-order valence-electron chi connectivity index (χ0n) is 10.5. The molecule has 0 bridgehead atoms. The van der Waals surface area contributed by atoms with E-state index in [0.717, 1.165) is 16.6 Å². The molecule has 2 N–H and O–H groups in total. The lowest BCUT2D eigenvalue weighted by Crippen LogP contribution is -1.97. The van der Waals surface area contributed by atoms with Crippen molar-refractivity contribution < 1.29 is 9.90 Å². The average molecular weight is 284 g/mol. The number of benzene rings is 2. The lowest BCUT2D eigenvalue weighted by Gasteiger charge is -2.03. The van der Waals surface area contributed by atoms with Crippen LogP contribution in [0.4, 0.5) is 0 Å². The fraction of sp³-hybridized carbons (Fsp3) is 0.0667. The van der Waals surface area contributed by atoms with Gasteiger partial charge in [0.25, 0.3) is 0 Å². The molecule has 0 spiro atoms. The topological polar surface area (TPSA) is 66.0 Å². The second-order valence-corrected chi connectivity index (χ2v) is 5.28. The number of imidazole rings is 1. The van der Waals surface area contributed by atoms with Crippen LogP contribution in [0, 0.1) is 0 Å². The third-order valence-electron chi connectivity index (χ3n) is 2.96. The number of H-pyrrole nitrogens is 1. The summed E-state index contributed by atoms with van der Waals surface area (Å²) in [5, 5.41) is 11.6. The minimum Gasteiger partial charge on any atom is -0.481 e. The van der Waals surface area contributed by atoms with Gasteiger partial charge in [-0.25, -0.2) is 4.98 Å². The highest BCUT2D eigenvalue weighted by Crippen LogP contribution is 2.28. The quantitative estimate of drug-likeness (QED) is 0.721. The van der Waals surface area contributed by atoms with Crippen LogP contribution < -0.4 is 0 Å². The number of nitrogens with zero attached hydrogens (tertiary/aromatic N) is 1. The van der Waals surface area contributed by atoms with Crippen LogP contribution in [0.5, 0.6) is 0 Å². The number of aromatic amines is 1. The Morgan fingerprint density at radius 3 is 2.85 bits per heavy atom. The van der Waals surface area contributed by atoms with Crippen molar-refractivity contribution in [2.45, 2.75) is 5.16 Å². The number of nitrogens with one attached hydrogen (secondary N) is 1. The minimum atomic E-state index is -0.849. The van der Waals surface area contributed by atoms with Crippen LogP contribution >= 0.6 is 11.8 Å². The Bertz CT molecular complexity index is 762. The molecular weight excluding hydrogens is 272 g/mol. The number of carboxylic acids is 1. The first-order valence-corrected chi connectivity index (χ1v) is 7.10. The van der Waals surface area contributed by atoms with Gasteiger partial charge in [0, 0.05) is 5.56 Å². The molecule has 20 heavy (non-hydrogen) atoms. The van der Waals surface area contributed by atoms with E-state index in [2.05, 4.69) is 28.2 Å². The van der Waals surface area contributed by atoms with Gasteiger partial charge in [-0.15, -0.1) is 0 Å². The number of aromatic nitrogens is 2. The molecule has 0 amide bonds. The maximum absolute atomic E-state index is 10.6. The number of aliphatic carboxylic acids is 1. The zero-order chi connectivity index (χ0) is 13.9. The van der Waals surface area contributed by atoms with Crippen molar-refractivity contribution in [2.24, 2.45) is 0 Å². The lowest BCUT2D eigenvalue weighted by molar-refractivity contribution is -0.133. The molecule has 0 aliphatic carbocycles. The molecule has 0 saturated heterocycles. The van der Waals surface area contributed by atoms with Crippen molar-refractivity contribution in [1.29, 1.82) is 0 Å². The molecule has 0 radical (unpaired) electrons. The molecule has 3 rings (SSSR count). The van der Waals surface area contributed by atoms with Crippen molar-refractivity contribution in [3.8, 4) is 11.3 Å². The van der Waals surface area contributed by atoms with Crippen molar-refractivity contribution >= 4 is 28.5 Å². The van der Waals surface area contributed by atoms with Crippen LogP contribution in [0.2, 0.25) is 0 Å². The molecule has 5 heteroatoms. The smallest absolute Gasteiger partial charge is 0.313 e. The highest BCUT2D eigenvalue weighted by atomic mass is 32.2. The van der Waals surface area contributed by atoms with Gasteiger partial charge in [-0.3, -0.25) is 4.79 Å². The molecule has 0 saturated carbocycles. The summed E-state index contributed by atoms with van der Waals surface area (Å²) >= 11 is 1.18. The van der Waals surface area contributed by atoms with Gasteiger partial charge in [0.2, 0.25) is 0 Å². The second-order valence-electron chi connectivity index (χ2n) is 4.31. The van der Waals surface area contributed by atoms with E-state index >= 15 is 0 Å². The van der Waals surface area contributed by atoms with Crippen LogP contribution in [0.25, 0.3) is 22.0 Å². The first kappa shape index (κ1) is 12.7. The van der Waals surface area contributed by atoms with Gasteiger partial charge in [0.05, 0.1) is 17.6 Å². The van der Waals surface area contributed by atoms with E-state index in [1.165, 1.54) is 17.1 Å². The monoisotopic (exact) mass is 284 g/mol. The summed E-state index contributed by atoms with van der Waals surface area (Å²) in [7, 11) is 0. The van der Waals surface area contributed by atoms with Crippen molar-refractivity contribution in [2.75, 3.05) is 5.75 Å². The molecule has 2 aromatic carbocycles. The molecule has 0 atom stereocenters. The molecule has 3 aromatic rings. The van der Waals surface area contributed by atoms with Crippen LogP contribution in [-0.2, 0) is 4.79 Å². The molecule has 100 valence electrons. The highest BCUT2D eigenvalue weighted by Gasteiger charge is 2.08. The molecule has 0 aliphatic rings. The van der Waals surface area contributed by atoms with E-state index in [1.54, 1.807) is 6.20 Å². The number of fused-ring (bicyclic) bond motifs is 1. The second kappa shape index (κ2) is 5.38. The van der Waals surface area contributed by atoms with Crippen LogP contribution in [0.15, 0.2) is 53.8 Å². The van der Waals surface area contributed by atoms with Gasteiger partial charge in [-0.2, -0.15) is 0 Å². The van der Waals surface area contributed by atoms with Gasteiger partial charge in [-0.05, 0) is 10.8 Å².